The van der Waals surface area contributed by atoms with Gasteiger partial charge in [0.15, 0.2) is 0 Å². The van der Waals surface area contributed by atoms with Crippen LogP contribution in [0.15, 0.2) is 54.9 Å². The van der Waals surface area contributed by atoms with E-state index in [1.165, 1.54) is 0 Å². The fourth-order valence-corrected chi connectivity index (χ4v) is 3.44. The van der Waals surface area contributed by atoms with E-state index in [0.717, 1.165) is 53.9 Å². The normalized spacial score (nSPS) is 14.0. The Morgan fingerprint density at radius 2 is 2.09 bits per heavy atom. The average molecular weight is 435 g/mol. The highest BCUT2D eigenvalue weighted by Crippen LogP contribution is 2.39. The van der Waals surface area contributed by atoms with Gasteiger partial charge in [-0.25, -0.2) is 0 Å². The first-order valence-electron chi connectivity index (χ1n) is 11.4. The molecule has 1 aromatic heterocycles. The summed E-state index contributed by atoms with van der Waals surface area (Å²) in [5.74, 6) is 0.405. The third-order valence-corrected chi connectivity index (χ3v) is 5.30. The van der Waals surface area contributed by atoms with Crippen molar-refractivity contribution in [3.8, 4) is 0 Å². The minimum absolute atomic E-state index is 0.111. The number of amides is 1. The summed E-state index contributed by atoms with van der Waals surface area (Å²) in [4.78, 5) is 17.2. The van der Waals surface area contributed by atoms with Crippen LogP contribution >= 0.6 is 0 Å². The van der Waals surface area contributed by atoms with Gasteiger partial charge >= 0.3 is 0 Å². The lowest BCUT2D eigenvalue weighted by molar-refractivity contribution is 0.102. The summed E-state index contributed by atoms with van der Waals surface area (Å²) in [7, 11) is 0. The largest absolute Gasteiger partial charge is 0.389 e. The number of carbonyl (C=O) groups is 1. The lowest BCUT2D eigenvalue weighted by atomic mass is 9.98. The van der Waals surface area contributed by atoms with Gasteiger partial charge in [-0.15, -0.1) is 0 Å². The van der Waals surface area contributed by atoms with E-state index in [9.17, 15) is 4.79 Å². The van der Waals surface area contributed by atoms with E-state index in [0.29, 0.717) is 31.2 Å². The SMILES string of the molecule is CC/C=C(\C=C\NCCOCCN)c1cc(NC(=O)c2ccnc(C3CC3)c2)ccc1C. The highest BCUT2D eigenvalue weighted by Gasteiger charge is 2.25. The molecule has 3 rings (SSSR count). The molecule has 1 heterocycles. The molecule has 0 spiro atoms. The fourth-order valence-electron chi connectivity index (χ4n) is 3.44. The van der Waals surface area contributed by atoms with Gasteiger partial charge in [0.1, 0.15) is 0 Å². The minimum atomic E-state index is -0.111. The predicted octanol–water partition coefficient (Wildman–Crippen LogP) is 4.39. The lowest BCUT2D eigenvalue weighted by Gasteiger charge is -2.12. The van der Waals surface area contributed by atoms with Gasteiger partial charge in [0.05, 0.1) is 13.2 Å². The van der Waals surface area contributed by atoms with Gasteiger partial charge < -0.3 is 21.1 Å². The van der Waals surface area contributed by atoms with E-state index in [1.54, 1.807) is 12.3 Å². The molecule has 6 nitrogen and oxygen atoms in total. The summed E-state index contributed by atoms with van der Waals surface area (Å²) < 4.78 is 5.37. The number of nitrogens with one attached hydrogen (secondary N) is 2. The van der Waals surface area contributed by atoms with E-state index >= 15 is 0 Å². The molecule has 0 atom stereocenters. The van der Waals surface area contributed by atoms with Crippen LogP contribution in [0.25, 0.3) is 5.57 Å². The van der Waals surface area contributed by atoms with Crippen molar-refractivity contribution in [2.45, 2.75) is 39.0 Å². The first-order chi connectivity index (χ1) is 15.6. The van der Waals surface area contributed by atoms with E-state index in [-0.39, 0.29) is 5.91 Å². The number of nitrogens with two attached hydrogens (primary N) is 1. The molecule has 32 heavy (non-hydrogen) atoms. The second-order valence-corrected chi connectivity index (χ2v) is 7.98. The molecule has 1 aromatic carbocycles. The summed E-state index contributed by atoms with van der Waals surface area (Å²) in [6.45, 7) is 6.65. The standard InChI is InChI=1S/C26H34N4O2/c1-3-4-20(9-12-28-14-16-32-15-11-27)24-18-23(8-5-19(24)2)30-26(31)22-10-13-29-25(17-22)21-6-7-21/h4-5,8-10,12-13,17-18,21,28H,3,6-7,11,14-16,27H2,1-2H3,(H,30,31)/b12-9+,20-4+. The maximum absolute atomic E-state index is 12.8. The third-order valence-electron chi connectivity index (χ3n) is 5.30. The van der Waals surface area contributed by atoms with Crippen molar-refractivity contribution in [3.05, 3.63) is 77.3 Å². The van der Waals surface area contributed by atoms with E-state index in [4.69, 9.17) is 10.5 Å². The number of ether oxygens (including phenoxy) is 1. The summed E-state index contributed by atoms with van der Waals surface area (Å²) in [5, 5.41) is 6.29. The number of aryl methyl sites for hydroxylation is 1. The molecule has 170 valence electrons. The number of nitrogens with zero attached hydrogens (tertiary/aromatic N) is 1. The zero-order chi connectivity index (χ0) is 22.8. The van der Waals surface area contributed by atoms with Crippen LogP contribution in [0, 0.1) is 6.92 Å². The maximum atomic E-state index is 12.8. The monoisotopic (exact) mass is 434 g/mol. The van der Waals surface area contributed by atoms with Crippen LogP contribution in [-0.4, -0.2) is 37.2 Å². The van der Waals surface area contributed by atoms with Crippen LogP contribution in [0.3, 0.4) is 0 Å². The summed E-state index contributed by atoms with van der Waals surface area (Å²) in [6, 6.07) is 9.70. The molecule has 4 N–H and O–H groups in total. The lowest BCUT2D eigenvalue weighted by Crippen LogP contribution is -2.17. The Labute approximate surface area is 191 Å². The summed E-state index contributed by atoms with van der Waals surface area (Å²) >= 11 is 0. The van der Waals surface area contributed by atoms with Crippen molar-refractivity contribution in [1.29, 1.82) is 0 Å². The zero-order valence-electron chi connectivity index (χ0n) is 19.1. The number of rotatable bonds is 12. The molecule has 0 saturated heterocycles. The number of benzene rings is 1. The molecule has 1 fully saturated rings. The molecule has 6 heteroatoms. The first kappa shape index (κ1) is 23.7. The van der Waals surface area contributed by atoms with Gasteiger partial charge in [-0.3, -0.25) is 9.78 Å². The number of pyridine rings is 1. The van der Waals surface area contributed by atoms with Crippen LogP contribution in [0.4, 0.5) is 5.69 Å². The Hall–Kier alpha value is -2.96. The summed E-state index contributed by atoms with van der Waals surface area (Å²) in [5.41, 5.74) is 11.2. The minimum Gasteiger partial charge on any atom is -0.389 e. The van der Waals surface area contributed by atoms with Crippen LogP contribution in [0.2, 0.25) is 0 Å². The Morgan fingerprint density at radius 1 is 1.25 bits per heavy atom. The number of anilines is 1. The Kier molecular flexibility index (Phi) is 9.01. The molecular formula is C26H34N4O2. The van der Waals surface area contributed by atoms with Crippen molar-refractivity contribution in [2.24, 2.45) is 5.73 Å². The van der Waals surface area contributed by atoms with Gasteiger partial charge in [0.2, 0.25) is 0 Å². The predicted molar refractivity (Wildman–Crippen MR) is 131 cm³/mol. The molecule has 0 aliphatic heterocycles. The second kappa shape index (κ2) is 12.2. The van der Waals surface area contributed by atoms with Crippen molar-refractivity contribution in [1.82, 2.24) is 10.3 Å². The van der Waals surface area contributed by atoms with Gasteiger partial charge in [-0.2, -0.15) is 0 Å². The molecule has 0 unspecified atom stereocenters. The quantitative estimate of drug-likeness (QED) is 0.340. The Balaban J connectivity index is 1.68. The van der Waals surface area contributed by atoms with Gasteiger partial charge in [0.25, 0.3) is 5.91 Å². The third kappa shape index (κ3) is 7.04. The smallest absolute Gasteiger partial charge is 0.255 e. The second-order valence-electron chi connectivity index (χ2n) is 7.98. The fraction of sp³-hybridized carbons (Fsp3) is 0.385. The highest BCUT2D eigenvalue weighted by atomic mass is 16.5. The number of allylic oxidation sites excluding steroid dienone is 3. The van der Waals surface area contributed by atoms with E-state index in [2.05, 4.69) is 41.6 Å². The molecule has 0 radical (unpaired) electrons. The molecule has 1 aliphatic rings. The van der Waals surface area contributed by atoms with E-state index < -0.39 is 0 Å². The Morgan fingerprint density at radius 3 is 2.84 bits per heavy atom. The van der Waals surface area contributed by atoms with Crippen molar-refractivity contribution >= 4 is 17.2 Å². The number of carbonyl (C=O) groups excluding carboxylic acids is 1. The Bertz CT molecular complexity index is 964. The van der Waals surface area contributed by atoms with Crippen molar-refractivity contribution in [2.75, 3.05) is 31.6 Å². The molecule has 1 amide bonds. The zero-order valence-corrected chi connectivity index (χ0v) is 19.1. The van der Waals surface area contributed by atoms with Crippen molar-refractivity contribution < 1.29 is 9.53 Å². The van der Waals surface area contributed by atoms with Gasteiger partial charge in [0, 0.05) is 42.1 Å². The van der Waals surface area contributed by atoms with Crippen molar-refractivity contribution in [3.63, 3.8) is 0 Å². The molecular weight excluding hydrogens is 400 g/mol. The van der Waals surface area contributed by atoms with E-state index in [1.807, 2.05) is 30.5 Å². The van der Waals surface area contributed by atoms with Gasteiger partial charge in [-0.1, -0.05) is 19.1 Å². The van der Waals surface area contributed by atoms with Crippen LogP contribution < -0.4 is 16.4 Å². The molecule has 0 bridgehead atoms. The number of hydrogen-bond donors (Lipinski definition) is 3. The van der Waals surface area contributed by atoms with Crippen LogP contribution in [-0.2, 0) is 4.74 Å². The first-order valence-corrected chi connectivity index (χ1v) is 11.4. The van der Waals surface area contributed by atoms with Crippen LogP contribution in [0.1, 0.15) is 59.3 Å². The number of aromatic nitrogens is 1. The molecule has 1 aliphatic carbocycles. The number of hydrogen-bond acceptors (Lipinski definition) is 5. The maximum Gasteiger partial charge on any atom is 0.255 e. The van der Waals surface area contributed by atoms with Gasteiger partial charge in [-0.05, 0) is 79.4 Å². The summed E-state index contributed by atoms with van der Waals surface area (Å²) in [6.07, 6.45) is 11.1. The average Bonchev–Trinajstić information content (AvgIpc) is 3.65. The topological polar surface area (TPSA) is 89.3 Å². The molecule has 2 aromatic rings. The highest BCUT2D eigenvalue weighted by molar-refractivity contribution is 6.04. The molecule has 1 saturated carbocycles. The van der Waals surface area contributed by atoms with Crippen LogP contribution in [0.5, 0.6) is 0 Å².